The Morgan fingerprint density at radius 2 is 1.84 bits per heavy atom. The van der Waals surface area contributed by atoms with Crippen molar-refractivity contribution in [2.45, 2.75) is 87.5 Å². The van der Waals surface area contributed by atoms with E-state index in [-0.39, 0.29) is 12.7 Å². The minimum Gasteiger partial charge on any atom is -0.454 e. The van der Waals surface area contributed by atoms with Crippen molar-refractivity contribution >= 4 is 45.5 Å². The highest BCUT2D eigenvalue weighted by Crippen LogP contribution is 2.43. The molecular weight excluding hydrogens is 650 g/mol. The van der Waals surface area contributed by atoms with Crippen LogP contribution in [0.15, 0.2) is 33.0 Å². The van der Waals surface area contributed by atoms with Gasteiger partial charge in [-0.05, 0) is 105 Å². The molecule has 5 heterocycles. The fourth-order valence-electron chi connectivity index (χ4n) is 5.92. The number of amides is 2. The van der Waals surface area contributed by atoms with E-state index in [1.165, 1.54) is 11.8 Å². The molecule has 12 nitrogen and oxygen atoms in total. The molecule has 5 aliphatic heterocycles. The zero-order valence-electron chi connectivity index (χ0n) is 25.3. The lowest BCUT2D eigenvalue weighted by Crippen LogP contribution is -2.55. The Hall–Kier alpha value is -3.26. The Morgan fingerprint density at radius 1 is 1.09 bits per heavy atom. The van der Waals surface area contributed by atoms with Gasteiger partial charge in [0.15, 0.2) is 34.0 Å². The molecule has 0 spiro atoms. The molecule has 44 heavy (non-hydrogen) atoms. The van der Waals surface area contributed by atoms with Crippen molar-refractivity contribution in [2.75, 3.05) is 32.2 Å². The first-order valence-corrected chi connectivity index (χ1v) is 16.7. The molecule has 2 saturated heterocycles. The van der Waals surface area contributed by atoms with Crippen molar-refractivity contribution in [1.82, 2.24) is 29.3 Å². The summed E-state index contributed by atoms with van der Waals surface area (Å²) in [7, 11) is 0. The number of carbonyl (C=O) groups is 2. The number of aromatic nitrogens is 4. The molecule has 0 radical (unpaired) electrons. The number of carbonyl (C=O) groups excluding carboxylic acids is 2. The molecule has 0 bridgehead atoms. The zero-order valence-corrected chi connectivity index (χ0v) is 27.7. The van der Waals surface area contributed by atoms with Gasteiger partial charge in [-0.3, -0.25) is 9.69 Å². The Labute approximate surface area is 269 Å². The van der Waals surface area contributed by atoms with E-state index in [2.05, 4.69) is 25.9 Å². The van der Waals surface area contributed by atoms with Gasteiger partial charge in [-0.2, -0.15) is 0 Å². The predicted molar refractivity (Wildman–Crippen MR) is 168 cm³/mol. The van der Waals surface area contributed by atoms with Gasteiger partial charge in [-0.25, -0.2) is 19.7 Å². The van der Waals surface area contributed by atoms with Crippen LogP contribution < -0.4 is 15.2 Å². The van der Waals surface area contributed by atoms with Gasteiger partial charge in [-0.1, -0.05) is 0 Å². The van der Waals surface area contributed by atoms with Gasteiger partial charge in [0.25, 0.3) is 0 Å². The molecular formula is C30H38BrN7O5S. The highest BCUT2D eigenvalue weighted by molar-refractivity contribution is 9.10. The number of hydrogen-bond acceptors (Lipinski definition) is 10. The third-order valence-electron chi connectivity index (χ3n) is 8.22. The predicted octanol–water partition coefficient (Wildman–Crippen LogP) is 5.42. The maximum absolute atomic E-state index is 13.5. The van der Waals surface area contributed by atoms with Crippen LogP contribution >= 0.6 is 27.7 Å². The second-order valence-corrected chi connectivity index (χ2v) is 14.3. The first-order chi connectivity index (χ1) is 21.1. The number of hydrogen-bond donors (Lipinski definition) is 1. The van der Waals surface area contributed by atoms with Gasteiger partial charge in [0.05, 0.1) is 6.33 Å². The number of likely N-dealkylation sites (tertiary alicyclic amines) is 2. The number of nitrogens with zero attached hydrogens (tertiary/aromatic N) is 6. The lowest BCUT2D eigenvalue weighted by Gasteiger charge is -2.40. The van der Waals surface area contributed by atoms with Crippen molar-refractivity contribution in [1.29, 1.82) is 0 Å². The number of benzene rings is 1. The van der Waals surface area contributed by atoms with E-state index in [1.54, 1.807) is 11.2 Å². The number of aryl methyl sites for hydroxylation is 1. The molecule has 1 aromatic carbocycles. The van der Waals surface area contributed by atoms with E-state index in [9.17, 15) is 9.59 Å². The average molecular weight is 689 g/mol. The normalized spacial score (nSPS) is 19.0. The summed E-state index contributed by atoms with van der Waals surface area (Å²) in [5.74, 6) is 2.93. The van der Waals surface area contributed by atoms with Crippen LogP contribution in [-0.4, -0.2) is 79.4 Å². The number of anilines is 1. The lowest BCUT2D eigenvalue weighted by atomic mass is 9.92. The number of piperidine rings is 2. The SMILES string of the molecule is CC(C)(C)OC(=O)N1CCCCC1C(=O)N1CCC(CCn2cnc(N)c3nc(Sc4cc5c(cc4Br)OCO5)nc2-3)CC1. The van der Waals surface area contributed by atoms with Crippen LogP contribution in [0.1, 0.15) is 59.3 Å². The summed E-state index contributed by atoms with van der Waals surface area (Å²) >= 11 is 5.02. The molecule has 1 unspecified atom stereocenters. The average Bonchev–Trinajstić information content (AvgIpc) is 3.63. The number of ether oxygens (including phenoxy) is 3. The zero-order chi connectivity index (χ0) is 31.0. The molecule has 5 aliphatic rings. The third kappa shape index (κ3) is 6.70. The fourth-order valence-corrected chi connectivity index (χ4v) is 7.27. The Bertz CT molecular complexity index is 1500. The highest BCUT2D eigenvalue weighted by atomic mass is 79.9. The van der Waals surface area contributed by atoms with Crippen LogP contribution in [0.25, 0.3) is 11.5 Å². The van der Waals surface area contributed by atoms with E-state index >= 15 is 0 Å². The standard InChI is InChI=1S/C30H38BrN7O5S/c1-30(2,3)43-29(40)38-10-5-4-6-20(38)27(39)36-11-7-18(8-12-36)9-13-37-16-33-25(32)24-26(37)35-28(34-24)44-23-15-22-21(14-19(23)31)41-17-42-22/h14-16,18,20H,4-13,17,32H2,1-3H3. The molecule has 14 heteroatoms. The van der Waals surface area contributed by atoms with Crippen molar-refractivity contribution < 1.29 is 23.8 Å². The summed E-state index contributed by atoms with van der Waals surface area (Å²) in [5.41, 5.74) is 6.17. The number of nitrogen functional groups attached to an aromatic ring is 1. The van der Waals surface area contributed by atoms with Crippen LogP contribution in [0.3, 0.4) is 0 Å². The van der Waals surface area contributed by atoms with Crippen LogP contribution in [0.5, 0.6) is 11.5 Å². The molecule has 1 atom stereocenters. The first-order valence-electron chi connectivity index (χ1n) is 15.1. The molecule has 6 rings (SSSR count). The van der Waals surface area contributed by atoms with Crippen molar-refractivity contribution in [2.24, 2.45) is 5.92 Å². The van der Waals surface area contributed by atoms with Crippen molar-refractivity contribution in [3.05, 3.63) is 22.9 Å². The number of halogens is 1. The van der Waals surface area contributed by atoms with Crippen LogP contribution in [-0.2, 0) is 16.1 Å². The van der Waals surface area contributed by atoms with Crippen molar-refractivity contribution in [3.8, 4) is 23.0 Å². The second kappa shape index (κ2) is 12.6. The van der Waals surface area contributed by atoms with Gasteiger partial charge in [-0.15, -0.1) is 0 Å². The van der Waals surface area contributed by atoms with Gasteiger partial charge < -0.3 is 29.4 Å². The molecule has 0 saturated carbocycles. The van der Waals surface area contributed by atoms with Crippen molar-refractivity contribution in [3.63, 3.8) is 0 Å². The number of fused-ring (bicyclic) bond motifs is 2. The maximum atomic E-state index is 13.5. The Kier molecular flexibility index (Phi) is 8.82. The van der Waals surface area contributed by atoms with Gasteiger partial charge in [0.1, 0.15) is 11.6 Å². The van der Waals surface area contributed by atoms with Crippen LogP contribution in [0, 0.1) is 5.92 Å². The monoisotopic (exact) mass is 687 g/mol. The fraction of sp³-hybridized carbons (Fsp3) is 0.567. The summed E-state index contributed by atoms with van der Waals surface area (Å²) in [6, 6.07) is 3.35. The quantitative estimate of drug-likeness (QED) is 0.357. The number of nitrogens with two attached hydrogens (primary N) is 1. The minimum absolute atomic E-state index is 0.0408. The summed E-state index contributed by atoms with van der Waals surface area (Å²) in [4.78, 5) is 44.7. The third-order valence-corrected chi connectivity index (χ3v) is 10.1. The Morgan fingerprint density at radius 3 is 2.59 bits per heavy atom. The summed E-state index contributed by atoms with van der Waals surface area (Å²) in [6.07, 6.45) is 6.57. The minimum atomic E-state index is -0.595. The molecule has 0 aromatic heterocycles. The smallest absolute Gasteiger partial charge is 0.410 e. The maximum Gasteiger partial charge on any atom is 0.410 e. The van der Waals surface area contributed by atoms with E-state index in [0.717, 1.165) is 41.5 Å². The molecule has 2 N–H and O–H groups in total. The molecule has 0 aliphatic carbocycles. The topological polar surface area (TPSA) is 138 Å². The Balaban J connectivity index is 1.06. The summed E-state index contributed by atoms with van der Waals surface area (Å²) in [5, 5.41) is 0.572. The first kappa shape index (κ1) is 30.8. The van der Waals surface area contributed by atoms with E-state index in [1.807, 2.05) is 42.4 Å². The lowest BCUT2D eigenvalue weighted by molar-refractivity contribution is -0.139. The highest BCUT2D eigenvalue weighted by Gasteiger charge is 2.38. The molecule has 2 fully saturated rings. The van der Waals surface area contributed by atoms with Crippen LogP contribution in [0.4, 0.5) is 10.6 Å². The van der Waals surface area contributed by atoms with Crippen LogP contribution in [0.2, 0.25) is 0 Å². The van der Waals surface area contributed by atoms with E-state index in [4.69, 9.17) is 24.9 Å². The number of rotatable bonds is 6. The summed E-state index contributed by atoms with van der Waals surface area (Å²) in [6.45, 7) is 8.40. The summed E-state index contributed by atoms with van der Waals surface area (Å²) < 4.78 is 19.5. The number of imidazole rings is 1. The largest absolute Gasteiger partial charge is 0.454 e. The molecule has 236 valence electrons. The van der Waals surface area contributed by atoms with Gasteiger partial charge in [0, 0.05) is 35.5 Å². The van der Waals surface area contributed by atoms with E-state index in [0.29, 0.717) is 72.5 Å². The van der Waals surface area contributed by atoms with E-state index < -0.39 is 17.7 Å². The van der Waals surface area contributed by atoms with Gasteiger partial charge >= 0.3 is 6.09 Å². The van der Waals surface area contributed by atoms with Gasteiger partial charge in [0.2, 0.25) is 12.7 Å². The molecule has 2 amide bonds. The second-order valence-electron chi connectivity index (χ2n) is 12.5. The molecule has 1 aromatic rings.